The molecule has 0 aromatic rings. The predicted octanol–water partition coefficient (Wildman–Crippen LogP) is 13.2. The molecule has 286 valence electrons. The molecule has 1 amide bonds. The summed E-state index contributed by atoms with van der Waals surface area (Å²) >= 11 is 0. The molecule has 2 atom stereocenters. The van der Waals surface area contributed by atoms with E-state index in [4.69, 9.17) is 0 Å². The van der Waals surface area contributed by atoms with Crippen LogP contribution in [0.2, 0.25) is 0 Å². The van der Waals surface area contributed by atoms with Crippen molar-refractivity contribution in [3.8, 4) is 0 Å². The first-order valence-electron chi connectivity index (χ1n) is 21.4. The Morgan fingerprint density at radius 2 is 0.837 bits per heavy atom. The topological polar surface area (TPSA) is 69.6 Å². The van der Waals surface area contributed by atoms with Crippen molar-refractivity contribution < 1.29 is 15.0 Å². The van der Waals surface area contributed by atoms with Crippen LogP contribution in [-0.4, -0.2) is 34.9 Å². The summed E-state index contributed by atoms with van der Waals surface area (Å²) in [6.45, 7) is 4.22. The van der Waals surface area contributed by atoms with Crippen molar-refractivity contribution in [2.75, 3.05) is 6.61 Å². The summed E-state index contributed by atoms with van der Waals surface area (Å²) in [6, 6.07) is -0.618. The Kier molecular flexibility index (Phi) is 39.4. The van der Waals surface area contributed by atoms with Crippen LogP contribution in [0.15, 0.2) is 48.6 Å². The van der Waals surface area contributed by atoms with Crippen molar-refractivity contribution in [2.45, 2.75) is 225 Å². The van der Waals surface area contributed by atoms with Gasteiger partial charge in [0.1, 0.15) is 0 Å². The maximum absolute atomic E-state index is 12.3. The lowest BCUT2D eigenvalue weighted by Crippen LogP contribution is -2.45. The zero-order chi connectivity index (χ0) is 35.7. The van der Waals surface area contributed by atoms with Crippen molar-refractivity contribution >= 4 is 5.91 Å². The first-order chi connectivity index (χ1) is 24.2. The molecule has 4 nitrogen and oxygen atoms in total. The van der Waals surface area contributed by atoms with Crippen molar-refractivity contribution in [3.63, 3.8) is 0 Å². The Hall–Kier alpha value is -1.65. The van der Waals surface area contributed by atoms with Crippen LogP contribution < -0.4 is 5.32 Å². The summed E-state index contributed by atoms with van der Waals surface area (Å²) in [4.78, 5) is 12.3. The number of carbonyl (C=O) groups is 1. The molecule has 0 aliphatic rings. The first-order valence-corrected chi connectivity index (χ1v) is 21.4. The van der Waals surface area contributed by atoms with Gasteiger partial charge in [0.05, 0.1) is 18.8 Å². The first kappa shape index (κ1) is 47.4. The molecule has 0 aliphatic heterocycles. The quantitative estimate of drug-likeness (QED) is 0.0447. The lowest BCUT2D eigenvalue weighted by molar-refractivity contribution is -0.123. The monoisotopic (exact) mass is 686 g/mol. The molecular formula is C45H83NO3. The summed E-state index contributed by atoms with van der Waals surface area (Å²) in [5.74, 6) is -0.0706. The number of aliphatic hydroxyl groups is 2. The van der Waals surface area contributed by atoms with E-state index < -0.39 is 12.1 Å². The molecule has 0 saturated carbocycles. The van der Waals surface area contributed by atoms with E-state index in [1.165, 1.54) is 154 Å². The van der Waals surface area contributed by atoms with Crippen molar-refractivity contribution in [1.82, 2.24) is 5.32 Å². The minimum absolute atomic E-state index is 0.0706. The molecule has 4 heteroatoms. The number of carbonyl (C=O) groups excluding carboxylic acids is 1. The number of rotatable bonds is 38. The molecule has 0 rings (SSSR count). The van der Waals surface area contributed by atoms with Gasteiger partial charge < -0.3 is 15.5 Å². The number of amides is 1. The highest BCUT2D eigenvalue weighted by Crippen LogP contribution is 2.15. The molecule has 0 heterocycles. The van der Waals surface area contributed by atoms with Gasteiger partial charge in [-0.3, -0.25) is 4.79 Å². The number of nitrogens with one attached hydrogen (secondary N) is 1. The van der Waals surface area contributed by atoms with E-state index in [-0.39, 0.29) is 12.5 Å². The van der Waals surface area contributed by atoms with Crippen molar-refractivity contribution in [2.24, 2.45) is 0 Å². The summed E-state index contributed by atoms with van der Waals surface area (Å²) in [5, 5.41) is 22.7. The van der Waals surface area contributed by atoms with Gasteiger partial charge in [-0.05, 0) is 57.8 Å². The van der Waals surface area contributed by atoms with Crippen LogP contribution in [0, 0.1) is 0 Å². The normalized spacial score (nSPS) is 13.5. The SMILES string of the molecule is CCCCCC/C=C/C(O)C(CO)NC(=O)CCCCCCCCCCCCCCCCCC/C=C\C/C=C\C/C=C\CCCCCCC. The van der Waals surface area contributed by atoms with Gasteiger partial charge in [0, 0.05) is 6.42 Å². The molecule has 0 aromatic carbocycles. The molecule has 0 aromatic heterocycles. The standard InChI is InChI=1S/C45H83NO3/c1-3-5-7-9-11-12-13-14-15-16-17-18-19-20-21-22-23-24-25-26-27-28-29-30-31-32-33-34-35-37-39-41-45(49)46-43(42-47)44(48)40-38-36-10-8-6-4-2/h13-14,16-17,19-20,38,40,43-44,47-48H,3-12,15,18,21-37,39,41-42H2,1-2H3,(H,46,49)/b14-13-,17-16-,20-19-,40-38+. The van der Waals surface area contributed by atoms with E-state index in [0.717, 1.165) is 38.5 Å². The number of aliphatic hydroxyl groups excluding tert-OH is 2. The minimum Gasteiger partial charge on any atom is -0.394 e. The number of allylic oxidation sites excluding steroid dienone is 7. The van der Waals surface area contributed by atoms with E-state index in [1.807, 2.05) is 6.08 Å². The fourth-order valence-electron chi connectivity index (χ4n) is 6.24. The fourth-order valence-corrected chi connectivity index (χ4v) is 6.24. The highest BCUT2D eigenvalue weighted by atomic mass is 16.3. The lowest BCUT2D eigenvalue weighted by atomic mass is 10.0. The Morgan fingerprint density at radius 3 is 1.27 bits per heavy atom. The van der Waals surface area contributed by atoms with Crippen molar-refractivity contribution in [3.05, 3.63) is 48.6 Å². The van der Waals surface area contributed by atoms with Crippen LogP contribution in [0.5, 0.6) is 0 Å². The van der Waals surface area contributed by atoms with Gasteiger partial charge in [-0.2, -0.15) is 0 Å². The number of unbranched alkanes of at least 4 members (excludes halogenated alkanes) is 25. The Bertz CT molecular complexity index is 786. The number of hydrogen-bond donors (Lipinski definition) is 3. The van der Waals surface area contributed by atoms with Gasteiger partial charge >= 0.3 is 0 Å². The van der Waals surface area contributed by atoms with E-state index >= 15 is 0 Å². The minimum atomic E-state index is -0.835. The molecule has 0 radical (unpaired) electrons. The lowest BCUT2D eigenvalue weighted by Gasteiger charge is -2.20. The van der Waals surface area contributed by atoms with E-state index in [0.29, 0.717) is 6.42 Å². The largest absolute Gasteiger partial charge is 0.394 e. The third-order valence-electron chi connectivity index (χ3n) is 9.56. The Balaban J connectivity index is 3.42. The second-order valence-corrected chi connectivity index (χ2v) is 14.4. The molecule has 0 fully saturated rings. The van der Waals surface area contributed by atoms with Crippen LogP contribution in [-0.2, 0) is 4.79 Å². The van der Waals surface area contributed by atoms with Gasteiger partial charge in [-0.1, -0.05) is 197 Å². The van der Waals surface area contributed by atoms with Gasteiger partial charge in [-0.25, -0.2) is 0 Å². The third-order valence-corrected chi connectivity index (χ3v) is 9.56. The summed E-state index contributed by atoms with van der Waals surface area (Å²) < 4.78 is 0. The number of hydrogen-bond acceptors (Lipinski definition) is 3. The van der Waals surface area contributed by atoms with Crippen LogP contribution in [0.1, 0.15) is 213 Å². The Labute approximate surface area is 305 Å². The molecular weight excluding hydrogens is 602 g/mol. The van der Waals surface area contributed by atoms with Crippen LogP contribution in [0.25, 0.3) is 0 Å². The molecule has 49 heavy (non-hydrogen) atoms. The average molecular weight is 686 g/mol. The van der Waals surface area contributed by atoms with Crippen LogP contribution in [0.3, 0.4) is 0 Å². The van der Waals surface area contributed by atoms with Gasteiger partial charge in [0.2, 0.25) is 5.91 Å². The molecule has 0 spiro atoms. The third kappa shape index (κ3) is 37.4. The van der Waals surface area contributed by atoms with E-state index in [9.17, 15) is 15.0 Å². The van der Waals surface area contributed by atoms with E-state index in [2.05, 4.69) is 55.6 Å². The summed E-state index contributed by atoms with van der Waals surface area (Å²) in [5.41, 5.74) is 0. The zero-order valence-electron chi connectivity index (χ0n) is 32.7. The van der Waals surface area contributed by atoms with E-state index in [1.54, 1.807) is 6.08 Å². The van der Waals surface area contributed by atoms with Gasteiger partial charge in [0.15, 0.2) is 0 Å². The van der Waals surface area contributed by atoms with Crippen LogP contribution >= 0.6 is 0 Å². The maximum atomic E-state index is 12.3. The summed E-state index contributed by atoms with van der Waals surface area (Å²) in [6.07, 6.45) is 55.4. The molecule has 2 unspecified atom stereocenters. The molecule has 0 bridgehead atoms. The highest BCUT2D eigenvalue weighted by Gasteiger charge is 2.17. The summed E-state index contributed by atoms with van der Waals surface area (Å²) in [7, 11) is 0. The molecule has 3 N–H and O–H groups in total. The second kappa shape index (κ2) is 40.8. The highest BCUT2D eigenvalue weighted by molar-refractivity contribution is 5.76. The van der Waals surface area contributed by atoms with Crippen molar-refractivity contribution in [1.29, 1.82) is 0 Å². The second-order valence-electron chi connectivity index (χ2n) is 14.4. The smallest absolute Gasteiger partial charge is 0.220 e. The predicted molar refractivity (Wildman–Crippen MR) is 216 cm³/mol. The Morgan fingerprint density at radius 1 is 0.490 bits per heavy atom. The maximum Gasteiger partial charge on any atom is 0.220 e. The fraction of sp³-hybridized carbons (Fsp3) is 0.800. The molecule has 0 aliphatic carbocycles. The van der Waals surface area contributed by atoms with Crippen LogP contribution in [0.4, 0.5) is 0 Å². The zero-order valence-corrected chi connectivity index (χ0v) is 32.7. The van der Waals surface area contributed by atoms with Gasteiger partial charge in [0.25, 0.3) is 0 Å². The van der Waals surface area contributed by atoms with Gasteiger partial charge in [-0.15, -0.1) is 0 Å². The molecule has 0 saturated heterocycles. The average Bonchev–Trinajstić information content (AvgIpc) is 3.10.